The standard InChI is InChI=1S/C23H17ClN4O6/c1-14(26-27-22(30)21(29)25-18-11-5-4-10-17(18)24)15-8-3-7-13-20(15)34-23(31)16-9-2-6-12-19(16)28(32)33/h2-13H,1H3,(H,25,29)(H,27,30). The summed E-state index contributed by atoms with van der Waals surface area (Å²) in [6.07, 6.45) is 0. The number of nitro groups is 1. The minimum Gasteiger partial charge on any atom is -0.422 e. The van der Waals surface area contributed by atoms with Gasteiger partial charge in [0.05, 0.1) is 21.3 Å². The van der Waals surface area contributed by atoms with E-state index >= 15 is 0 Å². The van der Waals surface area contributed by atoms with Crippen molar-refractivity contribution in [2.45, 2.75) is 6.92 Å². The van der Waals surface area contributed by atoms with Gasteiger partial charge >= 0.3 is 17.8 Å². The van der Waals surface area contributed by atoms with Crippen molar-refractivity contribution in [2.24, 2.45) is 5.10 Å². The second-order valence-corrected chi connectivity index (χ2v) is 7.14. The van der Waals surface area contributed by atoms with E-state index in [1.165, 1.54) is 43.3 Å². The Bertz CT molecular complexity index is 1310. The normalized spacial score (nSPS) is 10.8. The number of nitro benzene ring substituents is 1. The number of esters is 1. The molecule has 0 saturated carbocycles. The molecule has 11 heteroatoms. The van der Waals surface area contributed by atoms with Gasteiger partial charge in [-0.05, 0) is 37.3 Å². The van der Waals surface area contributed by atoms with Crippen molar-refractivity contribution in [2.75, 3.05) is 5.32 Å². The van der Waals surface area contributed by atoms with Crippen LogP contribution in [0.5, 0.6) is 5.75 Å². The molecule has 0 aliphatic rings. The summed E-state index contributed by atoms with van der Waals surface area (Å²) in [5.74, 6) is -2.91. The molecule has 10 nitrogen and oxygen atoms in total. The van der Waals surface area contributed by atoms with Gasteiger partial charge in [-0.2, -0.15) is 5.10 Å². The van der Waals surface area contributed by atoms with E-state index in [0.717, 1.165) is 0 Å². The van der Waals surface area contributed by atoms with Crippen molar-refractivity contribution < 1.29 is 24.0 Å². The third-order valence-corrected chi connectivity index (χ3v) is 4.78. The molecule has 0 atom stereocenters. The zero-order chi connectivity index (χ0) is 24.7. The number of hydrogen-bond acceptors (Lipinski definition) is 7. The highest BCUT2D eigenvalue weighted by Crippen LogP contribution is 2.24. The number of carbonyl (C=O) groups excluding carboxylic acids is 3. The molecule has 2 N–H and O–H groups in total. The van der Waals surface area contributed by atoms with E-state index in [9.17, 15) is 24.5 Å². The molecular weight excluding hydrogens is 464 g/mol. The summed E-state index contributed by atoms with van der Waals surface area (Å²) in [4.78, 5) is 47.3. The second-order valence-electron chi connectivity index (χ2n) is 6.73. The van der Waals surface area contributed by atoms with Crippen LogP contribution in [-0.2, 0) is 9.59 Å². The highest BCUT2D eigenvalue weighted by Gasteiger charge is 2.22. The predicted molar refractivity (Wildman–Crippen MR) is 125 cm³/mol. The van der Waals surface area contributed by atoms with E-state index in [1.807, 2.05) is 0 Å². The summed E-state index contributed by atoms with van der Waals surface area (Å²) in [5, 5.41) is 17.7. The van der Waals surface area contributed by atoms with Crippen molar-refractivity contribution in [1.29, 1.82) is 0 Å². The lowest BCUT2D eigenvalue weighted by atomic mass is 10.1. The molecule has 3 rings (SSSR count). The van der Waals surface area contributed by atoms with Crippen LogP contribution in [0.25, 0.3) is 0 Å². The van der Waals surface area contributed by atoms with Gasteiger partial charge in [0, 0.05) is 11.6 Å². The molecule has 0 spiro atoms. The molecule has 34 heavy (non-hydrogen) atoms. The van der Waals surface area contributed by atoms with Gasteiger partial charge < -0.3 is 10.1 Å². The van der Waals surface area contributed by atoms with Crippen molar-refractivity contribution in [1.82, 2.24) is 5.43 Å². The first-order valence-electron chi connectivity index (χ1n) is 9.73. The molecule has 0 aromatic heterocycles. The van der Waals surface area contributed by atoms with Gasteiger partial charge in [0.2, 0.25) is 0 Å². The number of ether oxygens (including phenoxy) is 1. The SMILES string of the molecule is CC(=NNC(=O)C(=O)Nc1ccccc1Cl)c1ccccc1OC(=O)c1ccccc1[N+](=O)[O-]. The Kier molecular flexibility index (Phi) is 7.67. The molecule has 0 heterocycles. The van der Waals surface area contributed by atoms with Gasteiger partial charge in [-0.25, -0.2) is 10.2 Å². The smallest absolute Gasteiger partial charge is 0.350 e. The number of carbonyl (C=O) groups is 3. The third-order valence-electron chi connectivity index (χ3n) is 4.45. The van der Waals surface area contributed by atoms with Crippen LogP contribution < -0.4 is 15.5 Å². The Labute approximate surface area is 198 Å². The number of anilines is 1. The zero-order valence-corrected chi connectivity index (χ0v) is 18.4. The van der Waals surface area contributed by atoms with Crippen LogP contribution in [0.1, 0.15) is 22.8 Å². The number of nitrogens with one attached hydrogen (secondary N) is 2. The van der Waals surface area contributed by atoms with Crippen molar-refractivity contribution in [3.05, 3.63) is 99.1 Å². The molecule has 0 saturated heterocycles. The number of amides is 2. The lowest BCUT2D eigenvalue weighted by molar-refractivity contribution is -0.385. The first-order chi connectivity index (χ1) is 16.3. The number of nitrogens with zero attached hydrogens (tertiary/aromatic N) is 2. The van der Waals surface area contributed by atoms with E-state index in [1.54, 1.807) is 36.4 Å². The largest absolute Gasteiger partial charge is 0.422 e. The molecule has 0 unspecified atom stereocenters. The van der Waals surface area contributed by atoms with Crippen molar-refractivity contribution >= 4 is 46.5 Å². The average molecular weight is 481 g/mol. The van der Waals surface area contributed by atoms with Gasteiger partial charge in [0.1, 0.15) is 11.3 Å². The summed E-state index contributed by atoms with van der Waals surface area (Å²) in [7, 11) is 0. The fourth-order valence-corrected chi connectivity index (χ4v) is 2.99. The van der Waals surface area contributed by atoms with Crippen LogP contribution in [-0.4, -0.2) is 28.4 Å². The fourth-order valence-electron chi connectivity index (χ4n) is 2.80. The summed E-state index contributed by atoms with van der Waals surface area (Å²) < 4.78 is 5.36. The van der Waals surface area contributed by atoms with Crippen molar-refractivity contribution in [3.8, 4) is 5.75 Å². The van der Waals surface area contributed by atoms with Gasteiger partial charge in [0.25, 0.3) is 5.69 Å². The minimum absolute atomic E-state index is 0.0571. The molecule has 0 aliphatic heterocycles. The van der Waals surface area contributed by atoms with E-state index in [4.69, 9.17) is 16.3 Å². The Balaban J connectivity index is 1.74. The summed E-state index contributed by atoms with van der Waals surface area (Å²) in [6.45, 7) is 1.52. The Morgan fingerprint density at radius 1 is 0.912 bits per heavy atom. The van der Waals surface area contributed by atoms with Gasteiger partial charge in [-0.3, -0.25) is 19.7 Å². The number of halogens is 1. The van der Waals surface area contributed by atoms with Crippen LogP contribution in [0.4, 0.5) is 11.4 Å². The maximum absolute atomic E-state index is 12.6. The number of para-hydroxylation sites is 3. The lowest BCUT2D eigenvalue weighted by Crippen LogP contribution is -2.33. The highest BCUT2D eigenvalue weighted by molar-refractivity contribution is 6.41. The van der Waals surface area contributed by atoms with Gasteiger partial charge in [-0.1, -0.05) is 48.0 Å². The van der Waals surface area contributed by atoms with E-state index in [2.05, 4.69) is 15.8 Å². The van der Waals surface area contributed by atoms with Crippen LogP contribution in [0.2, 0.25) is 5.02 Å². The molecule has 3 aromatic rings. The maximum Gasteiger partial charge on any atom is 0.350 e. The zero-order valence-electron chi connectivity index (χ0n) is 17.7. The Morgan fingerprint density at radius 3 is 2.24 bits per heavy atom. The Morgan fingerprint density at radius 2 is 1.53 bits per heavy atom. The maximum atomic E-state index is 12.6. The molecule has 0 bridgehead atoms. The monoisotopic (exact) mass is 480 g/mol. The average Bonchev–Trinajstić information content (AvgIpc) is 2.83. The molecule has 2 amide bonds. The molecule has 0 fully saturated rings. The summed E-state index contributed by atoms with van der Waals surface area (Å²) in [5.41, 5.74) is 2.30. The quantitative estimate of drug-likeness (QED) is 0.137. The first kappa shape index (κ1) is 24.1. The van der Waals surface area contributed by atoms with Crippen LogP contribution in [0.3, 0.4) is 0 Å². The number of rotatable bonds is 6. The number of hydrazone groups is 1. The third kappa shape index (κ3) is 5.81. The van der Waals surface area contributed by atoms with E-state index in [0.29, 0.717) is 5.56 Å². The van der Waals surface area contributed by atoms with E-state index in [-0.39, 0.29) is 27.7 Å². The van der Waals surface area contributed by atoms with Gasteiger partial charge in [-0.15, -0.1) is 0 Å². The Hall–Kier alpha value is -4.57. The summed E-state index contributed by atoms with van der Waals surface area (Å²) >= 11 is 5.96. The first-order valence-corrected chi connectivity index (χ1v) is 10.1. The van der Waals surface area contributed by atoms with Crippen LogP contribution in [0, 0.1) is 10.1 Å². The molecule has 172 valence electrons. The highest BCUT2D eigenvalue weighted by atomic mass is 35.5. The molecular formula is C23H17ClN4O6. The second kappa shape index (κ2) is 10.8. The van der Waals surface area contributed by atoms with E-state index < -0.39 is 28.4 Å². The molecule has 3 aromatic carbocycles. The predicted octanol–water partition coefficient (Wildman–Crippen LogP) is 3.95. The molecule has 0 radical (unpaired) electrons. The minimum atomic E-state index is -1.05. The van der Waals surface area contributed by atoms with Crippen LogP contribution in [0.15, 0.2) is 77.9 Å². The van der Waals surface area contributed by atoms with Gasteiger partial charge in [0.15, 0.2) is 0 Å². The number of benzene rings is 3. The molecule has 0 aliphatic carbocycles. The van der Waals surface area contributed by atoms with Crippen LogP contribution >= 0.6 is 11.6 Å². The fraction of sp³-hybridized carbons (Fsp3) is 0.0435. The van der Waals surface area contributed by atoms with Crippen molar-refractivity contribution in [3.63, 3.8) is 0 Å². The lowest BCUT2D eigenvalue weighted by Gasteiger charge is -2.10. The topological polar surface area (TPSA) is 140 Å². The number of hydrogen-bond donors (Lipinski definition) is 2. The summed E-state index contributed by atoms with van der Waals surface area (Å²) in [6, 6.07) is 18.1.